The zero-order valence-electron chi connectivity index (χ0n) is 15.7. The second-order valence-corrected chi connectivity index (χ2v) is 7.49. The third kappa shape index (κ3) is 5.35. The molecule has 3 rings (SSSR count). The molecular formula is C22H26ClN3O2. The SMILES string of the molecule is NCC(CCc1ccccc1Cl)N[C@H](CC(=O)O)Cc1c[nH]c2ccccc12. The van der Waals surface area contributed by atoms with Gasteiger partial charge in [0.2, 0.25) is 0 Å². The Bertz CT molecular complexity index is 925. The summed E-state index contributed by atoms with van der Waals surface area (Å²) in [5.41, 5.74) is 9.21. The molecule has 0 radical (unpaired) electrons. The van der Waals surface area contributed by atoms with Crippen molar-refractivity contribution in [2.75, 3.05) is 6.54 Å². The van der Waals surface area contributed by atoms with Crippen LogP contribution in [0.2, 0.25) is 5.02 Å². The molecule has 2 atom stereocenters. The van der Waals surface area contributed by atoms with Crippen LogP contribution in [0.15, 0.2) is 54.7 Å². The van der Waals surface area contributed by atoms with Crippen molar-refractivity contribution in [3.05, 3.63) is 70.9 Å². The highest BCUT2D eigenvalue weighted by Gasteiger charge is 2.19. The Balaban J connectivity index is 1.68. The number of rotatable bonds is 10. The molecule has 0 aliphatic carbocycles. The molecule has 1 aromatic heterocycles. The number of hydrogen-bond acceptors (Lipinski definition) is 3. The number of H-pyrrole nitrogens is 1. The van der Waals surface area contributed by atoms with E-state index in [1.54, 1.807) is 0 Å². The Labute approximate surface area is 169 Å². The number of aryl methyl sites for hydroxylation is 1. The molecule has 0 spiro atoms. The van der Waals surface area contributed by atoms with Crippen LogP contribution in [-0.2, 0) is 17.6 Å². The number of aliphatic carboxylic acids is 1. The summed E-state index contributed by atoms with van der Waals surface area (Å²) >= 11 is 6.24. The summed E-state index contributed by atoms with van der Waals surface area (Å²) in [6, 6.07) is 15.6. The van der Waals surface area contributed by atoms with Gasteiger partial charge in [-0.1, -0.05) is 48.0 Å². The Hall–Kier alpha value is -2.34. The van der Waals surface area contributed by atoms with E-state index >= 15 is 0 Å². The average Bonchev–Trinajstić information content (AvgIpc) is 3.08. The first-order chi connectivity index (χ1) is 13.6. The van der Waals surface area contributed by atoms with Gasteiger partial charge in [0.15, 0.2) is 0 Å². The van der Waals surface area contributed by atoms with Crippen LogP contribution in [0.1, 0.15) is 24.0 Å². The summed E-state index contributed by atoms with van der Waals surface area (Å²) in [5, 5.41) is 14.7. The molecule has 5 N–H and O–H groups in total. The fourth-order valence-electron chi connectivity index (χ4n) is 3.60. The Morgan fingerprint density at radius 2 is 1.86 bits per heavy atom. The first-order valence-corrected chi connectivity index (χ1v) is 9.91. The number of aromatic nitrogens is 1. The van der Waals surface area contributed by atoms with Crippen LogP contribution in [0.3, 0.4) is 0 Å². The maximum atomic E-state index is 11.4. The number of nitrogens with one attached hydrogen (secondary N) is 2. The van der Waals surface area contributed by atoms with Crippen molar-refractivity contribution < 1.29 is 9.90 Å². The lowest BCUT2D eigenvalue weighted by molar-refractivity contribution is -0.137. The van der Waals surface area contributed by atoms with Crippen molar-refractivity contribution in [1.82, 2.24) is 10.3 Å². The summed E-state index contributed by atoms with van der Waals surface area (Å²) in [6.45, 7) is 0.439. The Morgan fingerprint density at radius 1 is 1.11 bits per heavy atom. The van der Waals surface area contributed by atoms with Crippen LogP contribution in [-0.4, -0.2) is 34.7 Å². The molecule has 0 saturated carbocycles. The monoisotopic (exact) mass is 399 g/mol. The number of aromatic amines is 1. The quantitative estimate of drug-likeness (QED) is 0.417. The molecule has 6 heteroatoms. The highest BCUT2D eigenvalue weighted by Crippen LogP contribution is 2.21. The minimum atomic E-state index is -0.820. The smallest absolute Gasteiger partial charge is 0.304 e. The van der Waals surface area contributed by atoms with E-state index in [0.29, 0.717) is 13.0 Å². The molecule has 0 fully saturated rings. The number of carboxylic acids is 1. The van der Waals surface area contributed by atoms with Gasteiger partial charge in [-0.15, -0.1) is 0 Å². The molecule has 28 heavy (non-hydrogen) atoms. The van der Waals surface area contributed by atoms with E-state index < -0.39 is 5.97 Å². The number of para-hydroxylation sites is 1. The van der Waals surface area contributed by atoms with Crippen LogP contribution < -0.4 is 11.1 Å². The van der Waals surface area contributed by atoms with Gasteiger partial charge >= 0.3 is 5.97 Å². The highest BCUT2D eigenvalue weighted by atomic mass is 35.5. The normalized spacial score (nSPS) is 13.5. The summed E-state index contributed by atoms with van der Waals surface area (Å²) in [6.07, 6.45) is 4.22. The van der Waals surface area contributed by atoms with Crippen molar-refractivity contribution >= 4 is 28.5 Å². The first-order valence-electron chi connectivity index (χ1n) is 9.53. The molecule has 1 heterocycles. The third-order valence-corrected chi connectivity index (χ3v) is 5.41. The molecule has 0 aliphatic heterocycles. The molecule has 5 nitrogen and oxygen atoms in total. The van der Waals surface area contributed by atoms with Crippen molar-refractivity contribution in [3.63, 3.8) is 0 Å². The van der Waals surface area contributed by atoms with Crippen molar-refractivity contribution in [1.29, 1.82) is 0 Å². The fourth-order valence-corrected chi connectivity index (χ4v) is 3.83. The summed E-state index contributed by atoms with van der Waals surface area (Å²) in [7, 11) is 0. The van der Waals surface area contributed by atoms with E-state index in [4.69, 9.17) is 17.3 Å². The van der Waals surface area contributed by atoms with Crippen LogP contribution in [0, 0.1) is 0 Å². The summed E-state index contributed by atoms with van der Waals surface area (Å²) < 4.78 is 0. The summed E-state index contributed by atoms with van der Waals surface area (Å²) in [4.78, 5) is 14.7. The van der Waals surface area contributed by atoms with Gasteiger partial charge in [-0.05, 0) is 42.5 Å². The predicted molar refractivity (Wildman–Crippen MR) is 114 cm³/mol. The van der Waals surface area contributed by atoms with E-state index in [1.807, 2.05) is 48.7 Å². The van der Waals surface area contributed by atoms with Gasteiger partial charge in [-0.3, -0.25) is 4.79 Å². The molecule has 0 amide bonds. The molecule has 0 saturated heterocycles. The molecule has 148 valence electrons. The van der Waals surface area contributed by atoms with Crippen LogP contribution in [0.4, 0.5) is 0 Å². The minimum absolute atomic E-state index is 0.0193. The van der Waals surface area contributed by atoms with E-state index in [-0.39, 0.29) is 18.5 Å². The zero-order valence-corrected chi connectivity index (χ0v) is 16.5. The van der Waals surface area contributed by atoms with Crippen molar-refractivity contribution in [3.8, 4) is 0 Å². The van der Waals surface area contributed by atoms with Gasteiger partial charge in [-0.25, -0.2) is 0 Å². The second kappa shape index (κ2) is 9.73. The van der Waals surface area contributed by atoms with Crippen LogP contribution in [0.5, 0.6) is 0 Å². The van der Waals surface area contributed by atoms with Gasteiger partial charge in [0.05, 0.1) is 6.42 Å². The third-order valence-electron chi connectivity index (χ3n) is 5.04. The predicted octanol–water partition coefficient (Wildman–Crippen LogP) is 3.76. The van der Waals surface area contributed by atoms with Crippen LogP contribution in [0.25, 0.3) is 10.9 Å². The fraction of sp³-hybridized carbons (Fsp3) is 0.318. The lowest BCUT2D eigenvalue weighted by Gasteiger charge is -2.24. The van der Waals surface area contributed by atoms with Gasteiger partial charge < -0.3 is 21.1 Å². The van der Waals surface area contributed by atoms with Crippen molar-refractivity contribution in [2.45, 2.75) is 37.8 Å². The number of nitrogens with two attached hydrogens (primary N) is 1. The van der Waals surface area contributed by atoms with Crippen molar-refractivity contribution in [2.24, 2.45) is 5.73 Å². The molecule has 1 unspecified atom stereocenters. The molecule has 2 aromatic carbocycles. The van der Waals surface area contributed by atoms with Crippen LogP contribution >= 0.6 is 11.6 Å². The average molecular weight is 400 g/mol. The Kier molecular flexibility index (Phi) is 7.09. The number of carbonyl (C=O) groups is 1. The van der Waals surface area contributed by atoms with E-state index in [0.717, 1.165) is 39.9 Å². The lowest BCUT2D eigenvalue weighted by atomic mass is 9.99. The lowest BCUT2D eigenvalue weighted by Crippen LogP contribution is -2.45. The standard InChI is InChI=1S/C22H26ClN3O2/c23-20-7-3-1-5-15(20)9-10-17(13-24)26-18(12-22(27)28)11-16-14-25-21-8-4-2-6-19(16)21/h1-8,14,17-18,25-26H,9-13,24H2,(H,27,28)/t17?,18-/m0/s1. The summed E-state index contributed by atoms with van der Waals surface area (Å²) in [5.74, 6) is -0.820. The van der Waals surface area contributed by atoms with E-state index in [9.17, 15) is 9.90 Å². The molecule has 3 aromatic rings. The molecule has 0 aliphatic rings. The highest BCUT2D eigenvalue weighted by molar-refractivity contribution is 6.31. The first kappa shape index (κ1) is 20.4. The van der Waals surface area contributed by atoms with Gasteiger partial charge in [-0.2, -0.15) is 0 Å². The van der Waals surface area contributed by atoms with Gasteiger partial charge in [0.25, 0.3) is 0 Å². The zero-order chi connectivity index (χ0) is 19.9. The number of fused-ring (bicyclic) bond motifs is 1. The minimum Gasteiger partial charge on any atom is -0.481 e. The second-order valence-electron chi connectivity index (χ2n) is 7.09. The molecular weight excluding hydrogens is 374 g/mol. The maximum Gasteiger partial charge on any atom is 0.304 e. The number of benzene rings is 2. The number of hydrogen-bond donors (Lipinski definition) is 4. The maximum absolute atomic E-state index is 11.4. The van der Waals surface area contributed by atoms with E-state index in [2.05, 4.69) is 16.4 Å². The Morgan fingerprint density at radius 3 is 2.61 bits per heavy atom. The van der Waals surface area contributed by atoms with Gasteiger partial charge in [0.1, 0.15) is 0 Å². The van der Waals surface area contributed by atoms with Gasteiger partial charge in [0, 0.05) is 40.8 Å². The molecule has 0 bridgehead atoms. The van der Waals surface area contributed by atoms with E-state index in [1.165, 1.54) is 0 Å². The number of halogens is 1. The topological polar surface area (TPSA) is 91.1 Å². The number of carboxylic acid groups (broad SMARTS) is 1. The largest absolute Gasteiger partial charge is 0.481 e.